The number of primary amides is 1. The molecule has 1 heterocycles. The predicted molar refractivity (Wildman–Crippen MR) is 91.1 cm³/mol. The number of hydrogen-bond acceptors (Lipinski definition) is 5. The molecule has 1 unspecified atom stereocenters. The molecule has 25 heavy (non-hydrogen) atoms. The zero-order valence-corrected chi connectivity index (χ0v) is 14.4. The van der Waals surface area contributed by atoms with Gasteiger partial charge in [-0.1, -0.05) is 12.1 Å². The molecule has 1 atom stereocenters. The Bertz CT molecular complexity index is 880. The molecule has 3 rings (SSSR count). The Morgan fingerprint density at radius 1 is 1.16 bits per heavy atom. The normalized spacial score (nSPS) is 16.6. The van der Waals surface area contributed by atoms with Gasteiger partial charge in [-0.15, -0.1) is 0 Å². The van der Waals surface area contributed by atoms with Crippen LogP contribution in [0.1, 0.15) is 10.4 Å². The van der Waals surface area contributed by atoms with E-state index in [1.807, 2.05) is 12.1 Å². The third kappa shape index (κ3) is 3.59. The van der Waals surface area contributed by atoms with Crippen molar-refractivity contribution >= 4 is 15.9 Å². The first-order valence-electron chi connectivity index (χ1n) is 7.62. The van der Waals surface area contributed by atoms with E-state index in [9.17, 15) is 13.2 Å². The molecule has 0 saturated carbocycles. The smallest absolute Gasteiger partial charge is 0.248 e. The fourth-order valence-corrected chi connectivity index (χ4v) is 3.71. The molecule has 1 amide bonds. The molecule has 0 bridgehead atoms. The summed E-state index contributed by atoms with van der Waals surface area (Å²) in [5, 5.41) is 0. The summed E-state index contributed by atoms with van der Waals surface area (Å²) in [6.45, 7) is 0.395. The summed E-state index contributed by atoms with van der Waals surface area (Å²) in [6, 6.07) is 12.7. The minimum atomic E-state index is -3.71. The van der Waals surface area contributed by atoms with Crippen LogP contribution < -0.4 is 15.2 Å². The fourth-order valence-electron chi connectivity index (χ4n) is 2.51. The van der Waals surface area contributed by atoms with Gasteiger partial charge in [-0.3, -0.25) is 4.79 Å². The summed E-state index contributed by atoms with van der Waals surface area (Å²) in [5.74, 6) is 0.630. The molecule has 8 heteroatoms. The topological polar surface area (TPSA) is 98.9 Å². The van der Waals surface area contributed by atoms with Gasteiger partial charge in [0, 0.05) is 12.6 Å². The number of carbonyl (C=O) groups excluding carboxylic acids is 1. The predicted octanol–water partition coefficient (Wildman–Crippen LogP) is 1.25. The maximum absolute atomic E-state index is 12.6. The maximum Gasteiger partial charge on any atom is 0.248 e. The summed E-state index contributed by atoms with van der Waals surface area (Å²) in [6.07, 6.45) is -0.417. The van der Waals surface area contributed by atoms with E-state index in [1.165, 1.54) is 35.6 Å². The number of likely N-dealkylation sites (N-methyl/N-ethyl adjacent to an activating group) is 1. The van der Waals surface area contributed by atoms with Crippen LogP contribution in [-0.4, -0.2) is 44.9 Å². The first-order valence-corrected chi connectivity index (χ1v) is 9.06. The van der Waals surface area contributed by atoms with E-state index in [2.05, 4.69) is 0 Å². The second kappa shape index (κ2) is 6.73. The molecule has 0 aromatic heterocycles. The van der Waals surface area contributed by atoms with Crippen molar-refractivity contribution in [2.24, 2.45) is 5.73 Å². The number of amides is 1. The van der Waals surface area contributed by atoms with Crippen LogP contribution >= 0.6 is 0 Å². The summed E-state index contributed by atoms with van der Waals surface area (Å²) in [4.78, 5) is 11.2. The lowest BCUT2D eigenvalue weighted by Gasteiger charge is -2.29. The summed E-state index contributed by atoms with van der Waals surface area (Å²) >= 11 is 0. The highest BCUT2D eigenvalue weighted by Crippen LogP contribution is 2.31. The zero-order valence-electron chi connectivity index (χ0n) is 13.6. The van der Waals surface area contributed by atoms with Crippen molar-refractivity contribution in [3.63, 3.8) is 0 Å². The first-order chi connectivity index (χ1) is 11.9. The summed E-state index contributed by atoms with van der Waals surface area (Å²) < 4.78 is 37.9. The van der Waals surface area contributed by atoms with Gasteiger partial charge in [0.05, 0.1) is 11.4 Å². The Labute approximate surface area is 146 Å². The quantitative estimate of drug-likeness (QED) is 0.863. The molecule has 2 aromatic rings. The minimum Gasteiger partial charge on any atom is -0.486 e. The van der Waals surface area contributed by atoms with E-state index in [0.717, 1.165) is 0 Å². The molecular formula is C17H18N2O5S. The molecule has 2 aromatic carbocycles. The van der Waals surface area contributed by atoms with Gasteiger partial charge in [0.1, 0.15) is 12.7 Å². The van der Waals surface area contributed by atoms with Crippen LogP contribution in [0.2, 0.25) is 0 Å². The molecule has 0 aliphatic carbocycles. The summed E-state index contributed by atoms with van der Waals surface area (Å²) in [5.41, 5.74) is 5.42. The second-order valence-corrected chi connectivity index (χ2v) is 7.72. The molecule has 132 valence electrons. The highest BCUT2D eigenvalue weighted by Gasteiger charge is 2.28. The highest BCUT2D eigenvalue weighted by molar-refractivity contribution is 7.89. The van der Waals surface area contributed by atoms with Crippen LogP contribution in [0.25, 0.3) is 0 Å². The van der Waals surface area contributed by atoms with Crippen molar-refractivity contribution < 1.29 is 22.7 Å². The van der Waals surface area contributed by atoms with Crippen molar-refractivity contribution in [3.05, 3.63) is 54.1 Å². The number of rotatable bonds is 5. The number of nitrogens with two attached hydrogens (primary N) is 1. The summed E-state index contributed by atoms with van der Waals surface area (Å²) in [7, 11) is -2.24. The van der Waals surface area contributed by atoms with Crippen LogP contribution in [0.3, 0.4) is 0 Å². The standard InChI is InChI=1S/C17H18N2O5S/c1-19(10-13-11-23-15-4-2-3-5-16(15)24-13)25(21,22)14-8-6-12(7-9-14)17(18)20/h2-9,13H,10-11H2,1H3,(H2,18,20). The van der Waals surface area contributed by atoms with E-state index in [0.29, 0.717) is 11.5 Å². The molecule has 0 fully saturated rings. The number of hydrogen-bond donors (Lipinski definition) is 1. The van der Waals surface area contributed by atoms with E-state index < -0.39 is 22.0 Å². The molecule has 1 aliphatic heterocycles. The van der Waals surface area contributed by atoms with Gasteiger partial charge in [0.15, 0.2) is 11.5 Å². The van der Waals surface area contributed by atoms with Gasteiger partial charge in [0.2, 0.25) is 15.9 Å². The Morgan fingerprint density at radius 2 is 1.80 bits per heavy atom. The Balaban J connectivity index is 1.72. The van der Waals surface area contributed by atoms with Crippen molar-refractivity contribution in [2.75, 3.05) is 20.2 Å². The van der Waals surface area contributed by atoms with Crippen molar-refractivity contribution in [2.45, 2.75) is 11.0 Å². The van der Waals surface area contributed by atoms with Crippen molar-refractivity contribution in [3.8, 4) is 11.5 Å². The second-order valence-electron chi connectivity index (χ2n) is 5.67. The number of para-hydroxylation sites is 2. The third-order valence-electron chi connectivity index (χ3n) is 3.88. The molecule has 7 nitrogen and oxygen atoms in total. The number of carbonyl (C=O) groups is 1. The number of nitrogens with zero attached hydrogens (tertiary/aromatic N) is 1. The lowest BCUT2D eigenvalue weighted by Crippen LogP contribution is -2.41. The molecule has 0 spiro atoms. The number of benzene rings is 2. The van der Waals surface area contributed by atoms with Crippen LogP contribution in [0.4, 0.5) is 0 Å². The lowest BCUT2D eigenvalue weighted by atomic mass is 10.2. The van der Waals surface area contributed by atoms with Crippen LogP contribution in [-0.2, 0) is 10.0 Å². The molecular weight excluding hydrogens is 344 g/mol. The number of ether oxygens (including phenoxy) is 2. The average molecular weight is 362 g/mol. The van der Waals surface area contributed by atoms with Crippen LogP contribution in [0, 0.1) is 0 Å². The zero-order chi connectivity index (χ0) is 18.0. The largest absolute Gasteiger partial charge is 0.486 e. The van der Waals surface area contributed by atoms with Gasteiger partial charge in [0.25, 0.3) is 0 Å². The number of sulfonamides is 1. The highest BCUT2D eigenvalue weighted by atomic mass is 32.2. The lowest BCUT2D eigenvalue weighted by molar-refractivity contribution is 0.0798. The van der Waals surface area contributed by atoms with Gasteiger partial charge < -0.3 is 15.2 Å². The Hall–Kier alpha value is -2.58. The minimum absolute atomic E-state index is 0.0807. The molecule has 2 N–H and O–H groups in total. The number of fused-ring (bicyclic) bond motifs is 1. The Kier molecular flexibility index (Phi) is 4.65. The van der Waals surface area contributed by atoms with Crippen molar-refractivity contribution in [1.29, 1.82) is 0 Å². The SMILES string of the molecule is CN(CC1COc2ccccc2O1)S(=O)(=O)c1ccc(C(N)=O)cc1. The molecule has 1 aliphatic rings. The van der Waals surface area contributed by atoms with Crippen LogP contribution in [0.5, 0.6) is 11.5 Å². The van der Waals surface area contributed by atoms with Gasteiger partial charge in [-0.05, 0) is 36.4 Å². The monoisotopic (exact) mass is 362 g/mol. The molecule has 0 saturated heterocycles. The van der Waals surface area contributed by atoms with E-state index in [-0.39, 0.29) is 23.6 Å². The fraction of sp³-hybridized carbons (Fsp3) is 0.235. The van der Waals surface area contributed by atoms with Gasteiger partial charge >= 0.3 is 0 Å². The Morgan fingerprint density at radius 3 is 2.44 bits per heavy atom. The van der Waals surface area contributed by atoms with Gasteiger partial charge in [-0.2, -0.15) is 4.31 Å². The van der Waals surface area contributed by atoms with Gasteiger partial charge in [-0.25, -0.2) is 8.42 Å². The van der Waals surface area contributed by atoms with Crippen LogP contribution in [0.15, 0.2) is 53.4 Å². The maximum atomic E-state index is 12.6. The van der Waals surface area contributed by atoms with E-state index in [4.69, 9.17) is 15.2 Å². The average Bonchev–Trinajstić information content (AvgIpc) is 2.61. The third-order valence-corrected chi connectivity index (χ3v) is 5.71. The van der Waals surface area contributed by atoms with Crippen molar-refractivity contribution in [1.82, 2.24) is 4.31 Å². The molecule has 0 radical (unpaired) electrons. The van der Waals surface area contributed by atoms with E-state index >= 15 is 0 Å². The van der Waals surface area contributed by atoms with E-state index in [1.54, 1.807) is 12.1 Å². The first kappa shape index (κ1) is 17.2.